The Bertz CT molecular complexity index is 1270. The highest BCUT2D eigenvalue weighted by Crippen LogP contribution is 2.33. The standard InChI is InChI=1S/C22H22BrFN6O/c1-12(28-16-3-2-6-31-11-16)20-19(23)21(25)30-22(29-20)17(10-27-30)14-7-13-8-15(24)4-5-18(13)26-9-14/h4-5,7-10,12,16,28H,2-3,6,11,25H2,1H3. The highest BCUT2D eigenvalue weighted by molar-refractivity contribution is 9.10. The summed E-state index contributed by atoms with van der Waals surface area (Å²) < 4.78 is 21.6. The van der Waals surface area contributed by atoms with Crippen LogP contribution in [0.15, 0.2) is 41.1 Å². The Morgan fingerprint density at radius 2 is 2.19 bits per heavy atom. The van der Waals surface area contributed by atoms with Gasteiger partial charge in [-0.3, -0.25) is 4.98 Å². The lowest BCUT2D eigenvalue weighted by Gasteiger charge is -2.27. The first-order valence-electron chi connectivity index (χ1n) is 10.2. The van der Waals surface area contributed by atoms with Gasteiger partial charge in [0.1, 0.15) is 11.6 Å². The molecule has 2 atom stereocenters. The number of halogens is 2. The number of hydrogen-bond acceptors (Lipinski definition) is 6. The third kappa shape index (κ3) is 3.77. The lowest BCUT2D eigenvalue weighted by Crippen LogP contribution is -2.38. The number of aromatic nitrogens is 4. The molecule has 5 rings (SSSR count). The summed E-state index contributed by atoms with van der Waals surface area (Å²) in [6.45, 7) is 3.57. The van der Waals surface area contributed by atoms with Gasteiger partial charge >= 0.3 is 0 Å². The van der Waals surface area contributed by atoms with E-state index in [2.05, 4.69) is 38.3 Å². The summed E-state index contributed by atoms with van der Waals surface area (Å²) in [7, 11) is 0. The largest absolute Gasteiger partial charge is 0.383 e. The summed E-state index contributed by atoms with van der Waals surface area (Å²) in [5, 5.41) is 8.74. The van der Waals surface area contributed by atoms with Crippen molar-refractivity contribution in [3.8, 4) is 11.1 Å². The van der Waals surface area contributed by atoms with Crippen molar-refractivity contribution < 1.29 is 9.13 Å². The van der Waals surface area contributed by atoms with E-state index in [-0.39, 0.29) is 17.9 Å². The Labute approximate surface area is 187 Å². The fourth-order valence-corrected chi connectivity index (χ4v) is 4.66. The quantitative estimate of drug-likeness (QED) is 0.449. The molecule has 0 saturated carbocycles. The predicted molar refractivity (Wildman–Crippen MR) is 121 cm³/mol. The molecule has 0 radical (unpaired) electrons. The van der Waals surface area contributed by atoms with Gasteiger partial charge in [-0.2, -0.15) is 9.61 Å². The number of benzene rings is 1. The van der Waals surface area contributed by atoms with Crippen LogP contribution in [0.2, 0.25) is 0 Å². The van der Waals surface area contributed by atoms with Crippen molar-refractivity contribution in [2.24, 2.45) is 0 Å². The minimum absolute atomic E-state index is 0.0417. The first kappa shape index (κ1) is 20.3. The van der Waals surface area contributed by atoms with Gasteiger partial charge in [-0.15, -0.1) is 0 Å². The van der Waals surface area contributed by atoms with Crippen LogP contribution in [0, 0.1) is 5.82 Å². The maximum Gasteiger partial charge on any atom is 0.165 e. The fourth-order valence-electron chi connectivity index (χ4n) is 4.06. The number of rotatable bonds is 4. The highest BCUT2D eigenvalue weighted by atomic mass is 79.9. The van der Waals surface area contributed by atoms with Crippen molar-refractivity contribution in [2.45, 2.75) is 31.8 Å². The van der Waals surface area contributed by atoms with Crippen molar-refractivity contribution in [3.05, 3.63) is 52.6 Å². The molecule has 1 aromatic carbocycles. The van der Waals surface area contributed by atoms with Crippen LogP contribution in [0.1, 0.15) is 31.5 Å². The molecule has 4 aromatic rings. The van der Waals surface area contributed by atoms with Crippen LogP contribution in [0.3, 0.4) is 0 Å². The molecule has 0 bridgehead atoms. The molecule has 1 saturated heterocycles. The number of pyridine rings is 1. The van der Waals surface area contributed by atoms with E-state index in [0.717, 1.165) is 47.2 Å². The molecular formula is C22H22BrFN6O. The molecule has 4 heterocycles. The molecule has 160 valence electrons. The Morgan fingerprint density at radius 3 is 3.00 bits per heavy atom. The van der Waals surface area contributed by atoms with Crippen LogP contribution in [0.5, 0.6) is 0 Å². The number of nitrogens with zero attached hydrogens (tertiary/aromatic N) is 4. The smallest absolute Gasteiger partial charge is 0.165 e. The number of ether oxygens (including phenoxy) is 1. The van der Waals surface area contributed by atoms with Crippen LogP contribution in [-0.2, 0) is 4.74 Å². The van der Waals surface area contributed by atoms with E-state index in [1.54, 1.807) is 23.0 Å². The second kappa shape index (κ2) is 8.14. The van der Waals surface area contributed by atoms with Gasteiger partial charge in [-0.25, -0.2) is 9.37 Å². The zero-order valence-electron chi connectivity index (χ0n) is 17.0. The molecule has 1 aliphatic heterocycles. The first-order valence-corrected chi connectivity index (χ1v) is 11.0. The van der Waals surface area contributed by atoms with Crippen LogP contribution in [0.4, 0.5) is 10.2 Å². The molecule has 0 aliphatic carbocycles. The van der Waals surface area contributed by atoms with E-state index < -0.39 is 0 Å². The molecule has 0 amide bonds. The van der Waals surface area contributed by atoms with E-state index in [9.17, 15) is 4.39 Å². The maximum absolute atomic E-state index is 13.7. The molecule has 3 N–H and O–H groups in total. The van der Waals surface area contributed by atoms with E-state index in [0.29, 0.717) is 22.5 Å². The number of hydrogen-bond donors (Lipinski definition) is 2. The van der Waals surface area contributed by atoms with Crippen molar-refractivity contribution in [3.63, 3.8) is 0 Å². The SMILES string of the molecule is CC(NC1CCCOC1)c1nc2c(-c3cnc4ccc(F)cc4c3)cnn2c(N)c1Br. The fraction of sp³-hybridized carbons (Fsp3) is 0.318. The van der Waals surface area contributed by atoms with Gasteiger partial charge in [-0.05, 0) is 60.0 Å². The lowest BCUT2D eigenvalue weighted by molar-refractivity contribution is 0.0669. The van der Waals surface area contributed by atoms with Crippen molar-refractivity contribution in [1.29, 1.82) is 0 Å². The summed E-state index contributed by atoms with van der Waals surface area (Å²) in [4.78, 5) is 9.37. The second-order valence-corrected chi connectivity index (χ2v) is 8.65. The van der Waals surface area contributed by atoms with Crippen LogP contribution < -0.4 is 11.1 Å². The summed E-state index contributed by atoms with van der Waals surface area (Å²) in [6.07, 6.45) is 5.57. The average Bonchev–Trinajstić information content (AvgIpc) is 3.20. The molecule has 2 unspecified atom stereocenters. The van der Waals surface area contributed by atoms with Crippen molar-refractivity contribution in [2.75, 3.05) is 18.9 Å². The minimum Gasteiger partial charge on any atom is -0.383 e. The zero-order chi connectivity index (χ0) is 21.5. The average molecular weight is 485 g/mol. The van der Waals surface area contributed by atoms with E-state index >= 15 is 0 Å². The van der Waals surface area contributed by atoms with Crippen LogP contribution in [-0.4, -0.2) is 38.8 Å². The Morgan fingerprint density at radius 1 is 1.32 bits per heavy atom. The van der Waals surface area contributed by atoms with Crippen LogP contribution in [0.25, 0.3) is 27.7 Å². The van der Waals surface area contributed by atoms with Gasteiger partial charge < -0.3 is 15.8 Å². The minimum atomic E-state index is -0.300. The maximum atomic E-state index is 13.7. The number of nitrogens with two attached hydrogens (primary N) is 1. The van der Waals surface area contributed by atoms with E-state index in [1.165, 1.54) is 12.1 Å². The topological polar surface area (TPSA) is 90.4 Å². The summed E-state index contributed by atoms with van der Waals surface area (Å²) in [5.74, 6) is 0.172. The lowest BCUT2D eigenvalue weighted by atomic mass is 10.1. The summed E-state index contributed by atoms with van der Waals surface area (Å²) in [6, 6.07) is 6.67. The Kier molecular flexibility index (Phi) is 5.33. The molecule has 3 aromatic heterocycles. The second-order valence-electron chi connectivity index (χ2n) is 7.85. The van der Waals surface area contributed by atoms with Gasteiger partial charge in [0.25, 0.3) is 0 Å². The normalized spacial score (nSPS) is 18.0. The van der Waals surface area contributed by atoms with E-state index in [1.807, 2.05) is 6.07 Å². The Hall–Kier alpha value is -2.62. The Balaban J connectivity index is 1.57. The number of nitrogens with one attached hydrogen (secondary N) is 1. The molecule has 0 spiro atoms. The number of fused-ring (bicyclic) bond motifs is 2. The predicted octanol–water partition coefficient (Wildman–Crippen LogP) is 4.26. The van der Waals surface area contributed by atoms with E-state index in [4.69, 9.17) is 15.5 Å². The molecule has 1 aliphatic rings. The third-order valence-corrected chi connectivity index (χ3v) is 6.47. The van der Waals surface area contributed by atoms with Crippen molar-refractivity contribution in [1.82, 2.24) is 24.9 Å². The number of anilines is 1. The molecule has 9 heteroatoms. The molecule has 31 heavy (non-hydrogen) atoms. The van der Waals surface area contributed by atoms with Gasteiger partial charge in [0.15, 0.2) is 5.65 Å². The third-order valence-electron chi connectivity index (χ3n) is 5.66. The number of nitrogen functional groups attached to an aromatic ring is 1. The summed E-state index contributed by atoms with van der Waals surface area (Å²) in [5.41, 5.74) is 10.1. The van der Waals surface area contributed by atoms with Gasteiger partial charge in [0.05, 0.1) is 28.5 Å². The molecule has 7 nitrogen and oxygen atoms in total. The monoisotopic (exact) mass is 484 g/mol. The highest BCUT2D eigenvalue weighted by Gasteiger charge is 2.23. The zero-order valence-corrected chi connectivity index (χ0v) is 18.6. The molecule has 1 fully saturated rings. The van der Waals surface area contributed by atoms with Gasteiger partial charge in [0, 0.05) is 41.4 Å². The van der Waals surface area contributed by atoms with Gasteiger partial charge in [-0.1, -0.05) is 0 Å². The van der Waals surface area contributed by atoms with Crippen molar-refractivity contribution >= 4 is 38.3 Å². The van der Waals surface area contributed by atoms with Crippen LogP contribution >= 0.6 is 15.9 Å². The first-order chi connectivity index (χ1) is 15.0. The van der Waals surface area contributed by atoms with Gasteiger partial charge in [0.2, 0.25) is 0 Å². The summed E-state index contributed by atoms with van der Waals surface area (Å²) >= 11 is 3.60. The molecular weight excluding hydrogens is 463 g/mol.